The average Bonchev–Trinajstić information content (AvgIpc) is 2.15. The van der Waals surface area contributed by atoms with Crippen molar-refractivity contribution in [3.63, 3.8) is 0 Å². The Kier molecular flexibility index (Phi) is 3.23. The fourth-order valence-electron chi connectivity index (χ4n) is 1.14. The minimum absolute atomic E-state index is 0.0530. The van der Waals surface area contributed by atoms with Crippen LogP contribution in [0, 0.1) is 5.82 Å². The standard InChI is InChI=1S/C9H11FN2O3/c10-4-1-2-5(6(11)3-4)7(13)8(14)9(12)15/h1-3,7-8,13-14H,11H2,(H2,12,15). The first-order valence-electron chi connectivity index (χ1n) is 4.14. The van der Waals surface area contributed by atoms with E-state index in [9.17, 15) is 14.3 Å². The molecule has 1 amide bonds. The normalized spacial score (nSPS) is 14.6. The number of rotatable bonds is 3. The van der Waals surface area contributed by atoms with E-state index >= 15 is 0 Å². The molecular weight excluding hydrogens is 203 g/mol. The minimum Gasteiger partial charge on any atom is -0.398 e. The highest BCUT2D eigenvalue weighted by atomic mass is 19.1. The molecule has 0 heterocycles. The number of hydrogen-bond acceptors (Lipinski definition) is 4. The molecular formula is C9H11FN2O3. The van der Waals surface area contributed by atoms with Gasteiger partial charge in [-0.25, -0.2) is 4.39 Å². The van der Waals surface area contributed by atoms with Gasteiger partial charge in [-0.1, -0.05) is 6.07 Å². The number of halogens is 1. The zero-order valence-electron chi connectivity index (χ0n) is 7.72. The van der Waals surface area contributed by atoms with Crippen LogP contribution in [0.3, 0.4) is 0 Å². The number of nitrogens with two attached hydrogens (primary N) is 2. The van der Waals surface area contributed by atoms with Crippen molar-refractivity contribution in [1.29, 1.82) is 0 Å². The Balaban J connectivity index is 3.01. The second kappa shape index (κ2) is 4.24. The molecule has 15 heavy (non-hydrogen) atoms. The summed E-state index contributed by atoms with van der Waals surface area (Å²) < 4.78 is 12.7. The summed E-state index contributed by atoms with van der Waals surface area (Å²) >= 11 is 0. The summed E-state index contributed by atoms with van der Waals surface area (Å²) in [7, 11) is 0. The van der Waals surface area contributed by atoms with E-state index in [1.165, 1.54) is 6.07 Å². The predicted molar refractivity (Wildman–Crippen MR) is 51.0 cm³/mol. The summed E-state index contributed by atoms with van der Waals surface area (Å²) in [5, 5.41) is 18.6. The first-order chi connectivity index (χ1) is 6.93. The van der Waals surface area contributed by atoms with Crippen molar-refractivity contribution in [2.45, 2.75) is 12.2 Å². The van der Waals surface area contributed by atoms with Gasteiger partial charge in [-0.2, -0.15) is 0 Å². The molecule has 2 unspecified atom stereocenters. The van der Waals surface area contributed by atoms with Gasteiger partial charge in [0.1, 0.15) is 11.9 Å². The molecule has 0 spiro atoms. The molecule has 1 rings (SSSR count). The van der Waals surface area contributed by atoms with E-state index in [1.807, 2.05) is 0 Å². The lowest BCUT2D eigenvalue weighted by atomic mass is 10.0. The number of benzene rings is 1. The van der Waals surface area contributed by atoms with Gasteiger partial charge >= 0.3 is 0 Å². The van der Waals surface area contributed by atoms with Gasteiger partial charge in [-0.3, -0.25) is 4.79 Å². The Bertz CT molecular complexity index is 384. The van der Waals surface area contributed by atoms with Crippen LogP contribution in [0.4, 0.5) is 10.1 Å². The topological polar surface area (TPSA) is 110 Å². The number of primary amides is 1. The molecule has 0 aliphatic heterocycles. The van der Waals surface area contributed by atoms with Crippen LogP contribution in [-0.4, -0.2) is 22.2 Å². The highest BCUT2D eigenvalue weighted by molar-refractivity contribution is 5.79. The monoisotopic (exact) mass is 214 g/mol. The third-order valence-electron chi connectivity index (χ3n) is 1.96. The lowest BCUT2D eigenvalue weighted by molar-refractivity contribution is -0.131. The Morgan fingerprint density at radius 2 is 2.00 bits per heavy atom. The van der Waals surface area contributed by atoms with Gasteiger partial charge < -0.3 is 21.7 Å². The number of anilines is 1. The molecule has 1 aromatic carbocycles. The van der Waals surface area contributed by atoms with Gasteiger partial charge in [0.05, 0.1) is 0 Å². The van der Waals surface area contributed by atoms with E-state index in [4.69, 9.17) is 16.6 Å². The lowest BCUT2D eigenvalue weighted by Gasteiger charge is -2.16. The quantitative estimate of drug-likeness (QED) is 0.498. The second-order valence-corrected chi connectivity index (χ2v) is 3.07. The molecule has 2 atom stereocenters. The molecule has 0 bridgehead atoms. The van der Waals surface area contributed by atoms with E-state index in [0.717, 1.165) is 12.1 Å². The smallest absolute Gasteiger partial charge is 0.249 e. The summed E-state index contributed by atoms with van der Waals surface area (Å²) in [5.74, 6) is -1.65. The van der Waals surface area contributed by atoms with Crippen LogP contribution in [0.2, 0.25) is 0 Å². The van der Waals surface area contributed by atoms with Crippen molar-refractivity contribution in [3.05, 3.63) is 29.6 Å². The van der Waals surface area contributed by atoms with Crippen LogP contribution < -0.4 is 11.5 Å². The maximum atomic E-state index is 12.7. The van der Waals surface area contributed by atoms with Gasteiger partial charge in [0, 0.05) is 11.3 Å². The summed E-state index contributed by atoms with van der Waals surface area (Å²) in [6.45, 7) is 0. The van der Waals surface area contributed by atoms with Gasteiger partial charge in [-0.05, 0) is 12.1 Å². The third-order valence-corrected chi connectivity index (χ3v) is 1.96. The number of carbonyl (C=O) groups is 1. The lowest BCUT2D eigenvalue weighted by Crippen LogP contribution is -2.34. The van der Waals surface area contributed by atoms with E-state index in [1.54, 1.807) is 0 Å². The number of nitrogen functional groups attached to an aromatic ring is 1. The van der Waals surface area contributed by atoms with Crippen molar-refractivity contribution in [1.82, 2.24) is 0 Å². The van der Waals surface area contributed by atoms with E-state index in [2.05, 4.69) is 0 Å². The number of hydrogen-bond donors (Lipinski definition) is 4. The number of aliphatic hydroxyl groups excluding tert-OH is 2. The van der Waals surface area contributed by atoms with Crippen LogP contribution in [0.1, 0.15) is 11.7 Å². The predicted octanol–water partition coefficient (Wildman–Crippen LogP) is -0.713. The second-order valence-electron chi connectivity index (χ2n) is 3.07. The first-order valence-corrected chi connectivity index (χ1v) is 4.14. The third kappa shape index (κ3) is 2.42. The van der Waals surface area contributed by atoms with Gasteiger partial charge in [-0.15, -0.1) is 0 Å². The van der Waals surface area contributed by atoms with E-state index < -0.39 is 23.9 Å². The first kappa shape index (κ1) is 11.4. The Hall–Kier alpha value is -1.66. The zero-order valence-corrected chi connectivity index (χ0v) is 7.72. The summed E-state index contributed by atoms with van der Waals surface area (Å²) in [6.07, 6.45) is -3.32. The van der Waals surface area contributed by atoms with Crippen LogP contribution in [0.15, 0.2) is 18.2 Å². The maximum absolute atomic E-state index is 12.7. The van der Waals surface area contributed by atoms with E-state index in [0.29, 0.717) is 0 Å². The Labute approximate surface area is 85.1 Å². The highest BCUT2D eigenvalue weighted by Gasteiger charge is 2.25. The van der Waals surface area contributed by atoms with Gasteiger partial charge in [0.2, 0.25) is 5.91 Å². The van der Waals surface area contributed by atoms with Gasteiger partial charge in [0.25, 0.3) is 0 Å². The Morgan fingerprint density at radius 3 is 2.47 bits per heavy atom. The molecule has 0 saturated carbocycles. The fraction of sp³-hybridized carbons (Fsp3) is 0.222. The molecule has 1 aromatic rings. The van der Waals surface area contributed by atoms with Crippen molar-refractivity contribution < 1.29 is 19.4 Å². The Morgan fingerprint density at radius 1 is 1.40 bits per heavy atom. The highest BCUT2D eigenvalue weighted by Crippen LogP contribution is 2.23. The van der Waals surface area contributed by atoms with Gasteiger partial charge in [0.15, 0.2) is 6.10 Å². The SMILES string of the molecule is NC(=O)C(O)C(O)c1ccc(F)cc1N. The molecule has 82 valence electrons. The fourth-order valence-corrected chi connectivity index (χ4v) is 1.14. The summed E-state index contributed by atoms with van der Waals surface area (Å²) in [6, 6.07) is 3.22. The van der Waals surface area contributed by atoms with Crippen LogP contribution in [0.5, 0.6) is 0 Å². The molecule has 6 heteroatoms. The summed E-state index contributed by atoms with van der Waals surface area (Å²) in [5.41, 5.74) is 10.2. The zero-order chi connectivity index (χ0) is 11.6. The minimum atomic E-state index is -1.77. The van der Waals surface area contributed by atoms with Crippen molar-refractivity contribution in [2.75, 3.05) is 5.73 Å². The van der Waals surface area contributed by atoms with Crippen molar-refractivity contribution >= 4 is 11.6 Å². The van der Waals surface area contributed by atoms with Crippen molar-refractivity contribution in [3.8, 4) is 0 Å². The van der Waals surface area contributed by atoms with Crippen LogP contribution in [-0.2, 0) is 4.79 Å². The maximum Gasteiger partial charge on any atom is 0.249 e. The largest absolute Gasteiger partial charge is 0.398 e. The average molecular weight is 214 g/mol. The number of aliphatic hydroxyl groups is 2. The molecule has 0 aliphatic carbocycles. The molecule has 5 nitrogen and oxygen atoms in total. The van der Waals surface area contributed by atoms with Crippen LogP contribution >= 0.6 is 0 Å². The molecule has 0 radical (unpaired) electrons. The molecule has 0 aromatic heterocycles. The molecule has 0 aliphatic rings. The molecule has 0 saturated heterocycles. The number of amides is 1. The van der Waals surface area contributed by atoms with Crippen molar-refractivity contribution in [2.24, 2.45) is 5.73 Å². The molecule has 6 N–H and O–H groups in total. The number of carbonyl (C=O) groups excluding carboxylic acids is 1. The molecule has 0 fully saturated rings. The summed E-state index contributed by atoms with van der Waals surface area (Å²) in [4.78, 5) is 10.6. The van der Waals surface area contributed by atoms with Crippen LogP contribution in [0.25, 0.3) is 0 Å². The van der Waals surface area contributed by atoms with E-state index in [-0.39, 0.29) is 11.3 Å².